The van der Waals surface area contributed by atoms with E-state index in [0.717, 1.165) is 12.1 Å². The van der Waals surface area contributed by atoms with Gasteiger partial charge in [-0.1, -0.05) is 37.6 Å². The van der Waals surface area contributed by atoms with Crippen molar-refractivity contribution >= 4 is 29.7 Å². The van der Waals surface area contributed by atoms with Gasteiger partial charge in [-0.3, -0.25) is 4.79 Å². The van der Waals surface area contributed by atoms with Crippen LogP contribution in [0.15, 0.2) is 24.3 Å². The minimum Gasteiger partial charge on any atom is -0.451 e. The summed E-state index contributed by atoms with van der Waals surface area (Å²) in [6.07, 6.45) is -1.79. The molecular weight excluding hydrogens is 324 g/mol. The lowest BCUT2D eigenvalue weighted by Gasteiger charge is -2.56. The summed E-state index contributed by atoms with van der Waals surface area (Å²) >= 11 is 5.89. The normalized spacial score (nSPS) is 20.3. The zero-order valence-corrected chi connectivity index (χ0v) is 14.0. The summed E-state index contributed by atoms with van der Waals surface area (Å²) < 4.78 is 9.31. The summed E-state index contributed by atoms with van der Waals surface area (Å²) in [5, 5.41) is 2.11. The van der Waals surface area contributed by atoms with Gasteiger partial charge in [-0.2, -0.15) is 5.01 Å². The molecule has 23 heavy (non-hydrogen) atoms. The molecule has 1 atom stereocenters. The van der Waals surface area contributed by atoms with Crippen molar-refractivity contribution in [3.63, 3.8) is 0 Å². The Balaban J connectivity index is 2.61. The molecular formula is C15H17ClN2O5. The minimum atomic E-state index is -1.36. The molecule has 0 radical (unpaired) electrons. The van der Waals surface area contributed by atoms with Crippen molar-refractivity contribution in [1.29, 1.82) is 0 Å². The Morgan fingerprint density at radius 1 is 1.09 bits per heavy atom. The van der Waals surface area contributed by atoms with Gasteiger partial charge in [0.25, 0.3) is 5.91 Å². The maximum atomic E-state index is 12.8. The highest BCUT2D eigenvalue weighted by molar-refractivity contribution is 6.30. The van der Waals surface area contributed by atoms with Gasteiger partial charge >= 0.3 is 12.2 Å². The van der Waals surface area contributed by atoms with E-state index in [0.29, 0.717) is 15.6 Å². The van der Waals surface area contributed by atoms with Crippen molar-refractivity contribution in [3.8, 4) is 0 Å². The molecule has 1 aromatic carbocycles. The lowest BCUT2D eigenvalue weighted by atomic mass is 9.75. The molecule has 2 rings (SSSR count). The van der Waals surface area contributed by atoms with Crippen LogP contribution in [-0.2, 0) is 19.8 Å². The van der Waals surface area contributed by atoms with Gasteiger partial charge in [0.05, 0.1) is 14.2 Å². The van der Waals surface area contributed by atoms with E-state index >= 15 is 0 Å². The van der Waals surface area contributed by atoms with Crippen LogP contribution in [0, 0.1) is 5.92 Å². The molecule has 0 aromatic heterocycles. The average Bonchev–Trinajstić information content (AvgIpc) is 2.53. The molecule has 1 aliphatic heterocycles. The largest absolute Gasteiger partial charge is 0.451 e. The zero-order valence-electron chi connectivity index (χ0n) is 13.2. The lowest BCUT2D eigenvalue weighted by Crippen LogP contribution is -2.79. The zero-order chi connectivity index (χ0) is 17.4. The molecule has 0 spiro atoms. The van der Waals surface area contributed by atoms with Crippen LogP contribution < -0.4 is 0 Å². The van der Waals surface area contributed by atoms with Crippen LogP contribution in [-0.4, -0.2) is 42.3 Å². The van der Waals surface area contributed by atoms with Crippen molar-refractivity contribution in [2.24, 2.45) is 5.92 Å². The van der Waals surface area contributed by atoms with Crippen LogP contribution in [0.5, 0.6) is 0 Å². The smallest absolute Gasteiger partial charge is 0.436 e. The van der Waals surface area contributed by atoms with E-state index < -0.39 is 23.6 Å². The number of benzene rings is 1. The fourth-order valence-electron chi connectivity index (χ4n) is 2.79. The van der Waals surface area contributed by atoms with E-state index in [-0.39, 0.29) is 5.92 Å². The monoisotopic (exact) mass is 340 g/mol. The lowest BCUT2D eigenvalue weighted by molar-refractivity contribution is -0.209. The Morgan fingerprint density at radius 3 is 2.04 bits per heavy atom. The van der Waals surface area contributed by atoms with Crippen molar-refractivity contribution < 1.29 is 23.9 Å². The molecule has 3 amide bonds. The number of carbonyl (C=O) groups excluding carboxylic acids is 3. The topological polar surface area (TPSA) is 76.2 Å². The summed E-state index contributed by atoms with van der Waals surface area (Å²) in [6, 6.07) is 6.52. The third kappa shape index (κ3) is 2.31. The molecule has 1 aliphatic rings. The van der Waals surface area contributed by atoms with Gasteiger partial charge in [-0.05, 0) is 23.6 Å². The summed E-state index contributed by atoms with van der Waals surface area (Å²) in [5.41, 5.74) is -0.821. The number of hydrazine groups is 1. The van der Waals surface area contributed by atoms with E-state index in [9.17, 15) is 14.4 Å². The Labute approximate surface area is 138 Å². The molecule has 0 aliphatic carbocycles. The van der Waals surface area contributed by atoms with Crippen LogP contribution in [0.3, 0.4) is 0 Å². The average molecular weight is 341 g/mol. The van der Waals surface area contributed by atoms with E-state index in [1.54, 1.807) is 38.1 Å². The van der Waals surface area contributed by atoms with Gasteiger partial charge < -0.3 is 9.47 Å². The molecule has 8 heteroatoms. The number of nitrogens with zero attached hydrogens (tertiary/aromatic N) is 2. The number of methoxy groups -OCH3 is 2. The highest BCUT2D eigenvalue weighted by Gasteiger charge is 2.67. The van der Waals surface area contributed by atoms with Gasteiger partial charge in [0.15, 0.2) is 5.54 Å². The van der Waals surface area contributed by atoms with Crippen molar-refractivity contribution in [1.82, 2.24) is 10.0 Å². The molecule has 1 unspecified atom stereocenters. The SMILES string of the molecule is COC(=O)N1C(=O)C(c2ccc(Cl)cc2)(C(C)C)N1C(=O)OC. The molecule has 1 heterocycles. The Kier molecular flexibility index (Phi) is 4.51. The Morgan fingerprint density at radius 2 is 1.61 bits per heavy atom. The Bertz CT molecular complexity index is 646. The van der Waals surface area contributed by atoms with E-state index in [2.05, 4.69) is 4.74 Å². The highest BCUT2D eigenvalue weighted by Crippen LogP contribution is 2.47. The van der Waals surface area contributed by atoms with E-state index in [4.69, 9.17) is 16.3 Å². The van der Waals surface area contributed by atoms with E-state index in [1.165, 1.54) is 7.11 Å². The van der Waals surface area contributed by atoms with Crippen LogP contribution in [0.25, 0.3) is 0 Å². The van der Waals surface area contributed by atoms with Crippen molar-refractivity contribution in [2.75, 3.05) is 14.2 Å². The number of carbonyl (C=O) groups is 3. The second kappa shape index (κ2) is 6.08. The molecule has 1 fully saturated rings. The number of hydrogen-bond acceptors (Lipinski definition) is 5. The van der Waals surface area contributed by atoms with Gasteiger partial charge in [0.2, 0.25) is 0 Å². The first kappa shape index (κ1) is 17.1. The van der Waals surface area contributed by atoms with Crippen molar-refractivity contribution in [3.05, 3.63) is 34.9 Å². The first-order chi connectivity index (χ1) is 10.8. The van der Waals surface area contributed by atoms with Gasteiger partial charge in [-0.25, -0.2) is 9.59 Å². The molecule has 0 saturated carbocycles. The van der Waals surface area contributed by atoms with E-state index in [1.807, 2.05) is 0 Å². The third-order valence-electron chi connectivity index (χ3n) is 3.87. The predicted molar refractivity (Wildman–Crippen MR) is 81.5 cm³/mol. The number of rotatable bonds is 2. The van der Waals surface area contributed by atoms with Gasteiger partial charge in [0, 0.05) is 5.02 Å². The Hall–Kier alpha value is -2.28. The number of hydrogen-bond donors (Lipinski definition) is 0. The van der Waals surface area contributed by atoms with Gasteiger partial charge in [-0.15, -0.1) is 5.01 Å². The van der Waals surface area contributed by atoms with Crippen molar-refractivity contribution in [2.45, 2.75) is 19.4 Å². The number of amides is 3. The fraction of sp³-hybridized carbons (Fsp3) is 0.400. The van der Waals surface area contributed by atoms with Crippen LogP contribution in [0.4, 0.5) is 9.59 Å². The minimum absolute atomic E-state index is 0.323. The maximum absolute atomic E-state index is 12.8. The molecule has 0 bridgehead atoms. The number of ether oxygens (including phenoxy) is 2. The molecule has 0 N–H and O–H groups in total. The molecule has 1 saturated heterocycles. The van der Waals surface area contributed by atoms with Crippen LogP contribution >= 0.6 is 11.6 Å². The first-order valence-electron chi connectivity index (χ1n) is 6.89. The summed E-state index contributed by atoms with van der Waals surface area (Å²) in [7, 11) is 2.30. The molecule has 124 valence electrons. The van der Waals surface area contributed by atoms with Crippen LogP contribution in [0.2, 0.25) is 5.02 Å². The summed E-state index contributed by atoms with van der Waals surface area (Å²) in [4.78, 5) is 36.8. The van der Waals surface area contributed by atoms with Crippen LogP contribution in [0.1, 0.15) is 19.4 Å². The third-order valence-corrected chi connectivity index (χ3v) is 4.12. The second-order valence-corrected chi connectivity index (χ2v) is 5.73. The maximum Gasteiger partial charge on any atom is 0.436 e. The first-order valence-corrected chi connectivity index (χ1v) is 7.26. The predicted octanol–water partition coefficient (Wildman–Crippen LogP) is 2.78. The number of imide groups is 1. The van der Waals surface area contributed by atoms with Gasteiger partial charge in [0.1, 0.15) is 0 Å². The molecule has 1 aromatic rings. The second-order valence-electron chi connectivity index (χ2n) is 5.30. The molecule has 7 nitrogen and oxygen atoms in total. The summed E-state index contributed by atoms with van der Waals surface area (Å²) in [6.45, 7) is 3.55. The fourth-order valence-corrected chi connectivity index (χ4v) is 2.92. The highest BCUT2D eigenvalue weighted by atomic mass is 35.5. The summed E-state index contributed by atoms with van der Waals surface area (Å²) in [5.74, 6) is -0.886. The standard InChI is InChI=1S/C15H17ClN2O5/c1-9(2)15(10-5-7-11(16)8-6-10)12(19)17(13(20)22-3)18(15)14(21)23-4/h5-9H,1-4H3. The quantitative estimate of drug-likeness (QED) is 0.827. The number of halogens is 1.